The second-order valence-corrected chi connectivity index (χ2v) is 22.0. The molecule has 7 unspecified atom stereocenters. The first kappa shape index (κ1) is 62.2. The first-order valence-electron chi connectivity index (χ1n) is 22.8. The van der Waals surface area contributed by atoms with Gasteiger partial charge in [-0.3, -0.25) is 37.3 Å². The van der Waals surface area contributed by atoms with E-state index in [4.69, 9.17) is 19.5 Å². The van der Waals surface area contributed by atoms with Crippen LogP contribution in [0.25, 0.3) is 11.2 Å². The first-order chi connectivity index (χ1) is 33.9. The Labute approximate surface area is 421 Å². The molecule has 3 rings (SSSR count). The zero-order chi connectivity index (χ0) is 53.4. The molecule has 3 heterocycles. The predicted molar refractivity (Wildman–Crippen MR) is 265 cm³/mol. The van der Waals surface area contributed by atoms with Crippen LogP contribution in [-0.2, 0) is 55.5 Å². The highest BCUT2D eigenvalue weighted by molar-refractivity contribution is 8.13. The molecule has 25 nitrogen and oxygen atoms in total. The molecule has 1 fully saturated rings. The maximum Gasteiger partial charge on any atom is 0.481 e. The molecule has 0 aromatic carbocycles. The number of allylic oxidation sites excluding steroid dienone is 10. The van der Waals surface area contributed by atoms with Crippen LogP contribution in [0, 0.1) is 5.41 Å². The number of aliphatic hydroxyl groups excluding tert-OH is 2. The lowest BCUT2D eigenvalue weighted by molar-refractivity contribution is -0.137. The van der Waals surface area contributed by atoms with E-state index in [-0.39, 0.29) is 66.0 Å². The third kappa shape index (κ3) is 23.4. The fourth-order valence-corrected chi connectivity index (χ4v) is 9.90. The normalized spacial score (nSPS) is 20.0. The van der Waals surface area contributed by atoms with E-state index in [1.165, 1.54) is 13.8 Å². The highest BCUT2D eigenvalue weighted by Gasteiger charge is 2.50. The minimum absolute atomic E-state index is 0.0229. The topological polar surface area (TPSA) is 381 Å². The quantitative estimate of drug-likeness (QED) is 0.0201. The number of phosphoric acid groups is 3. The molecule has 1 aliphatic rings. The van der Waals surface area contributed by atoms with Gasteiger partial charge in [-0.05, 0) is 44.9 Å². The SMILES string of the molecule is CC/C=C/C/C=C/C/C=C/C/C=C/C/C=C/CCCC(=O)CC(=O)SCCNC(=O)CCNC(=O)C(O)C(C)(C)COP(=O)(O)OP(=O)(O)OCC1OC(n2cnc3c(N)ncnc32)C(O)C1OP(=O)(O)O. The number of Topliss-reactive ketones (excluding diaryl/α,β-unsaturated/α-hetero) is 1. The van der Waals surface area contributed by atoms with Gasteiger partial charge in [-0.2, -0.15) is 4.31 Å². The van der Waals surface area contributed by atoms with E-state index in [9.17, 15) is 62.7 Å². The van der Waals surface area contributed by atoms with E-state index >= 15 is 0 Å². The summed E-state index contributed by atoms with van der Waals surface area (Å²) in [6, 6.07) is 0. The number of nitrogens with zero attached hydrogens (tertiary/aromatic N) is 4. The van der Waals surface area contributed by atoms with Gasteiger partial charge < -0.3 is 50.9 Å². The number of fused-ring (bicyclic) bond motifs is 1. The predicted octanol–water partition coefficient (Wildman–Crippen LogP) is 4.55. The van der Waals surface area contributed by atoms with Crippen molar-refractivity contribution in [3.63, 3.8) is 0 Å². The van der Waals surface area contributed by atoms with Crippen LogP contribution >= 0.6 is 35.2 Å². The Morgan fingerprint density at radius 3 is 2.11 bits per heavy atom. The van der Waals surface area contributed by atoms with Gasteiger partial charge in [0, 0.05) is 37.1 Å². The van der Waals surface area contributed by atoms with Crippen molar-refractivity contribution < 1.29 is 85.3 Å². The number of aromatic nitrogens is 4. The summed E-state index contributed by atoms with van der Waals surface area (Å²) in [5.41, 5.74) is 4.23. The van der Waals surface area contributed by atoms with Crippen molar-refractivity contribution in [2.75, 3.05) is 37.8 Å². The van der Waals surface area contributed by atoms with E-state index in [2.05, 4.69) is 90.0 Å². The van der Waals surface area contributed by atoms with Gasteiger partial charge in [0.25, 0.3) is 0 Å². The number of carbonyl (C=O) groups excluding carboxylic acids is 4. The maximum atomic E-state index is 12.8. The minimum atomic E-state index is -5.60. The van der Waals surface area contributed by atoms with Crippen LogP contribution in [0.5, 0.6) is 0 Å². The number of imidazole rings is 1. The Kier molecular flexibility index (Phi) is 26.8. The van der Waals surface area contributed by atoms with Gasteiger partial charge in [0.05, 0.1) is 26.0 Å². The van der Waals surface area contributed by atoms with Gasteiger partial charge in [-0.25, -0.2) is 28.6 Å². The van der Waals surface area contributed by atoms with Crippen LogP contribution in [0.1, 0.15) is 91.2 Å². The smallest absolute Gasteiger partial charge is 0.386 e. The number of hydrogen-bond donors (Lipinski definition) is 9. The lowest BCUT2D eigenvalue weighted by Crippen LogP contribution is -2.46. The lowest BCUT2D eigenvalue weighted by atomic mass is 9.87. The average Bonchev–Trinajstić information content (AvgIpc) is 3.86. The van der Waals surface area contributed by atoms with Crippen molar-refractivity contribution in [2.24, 2.45) is 5.41 Å². The number of hydrogen-bond acceptors (Lipinski definition) is 19. The summed E-state index contributed by atoms with van der Waals surface area (Å²) in [5.74, 6) is -1.51. The number of ether oxygens (including phenoxy) is 1. The highest BCUT2D eigenvalue weighted by Crippen LogP contribution is 2.61. The van der Waals surface area contributed by atoms with Crippen molar-refractivity contribution in [2.45, 2.75) is 116 Å². The van der Waals surface area contributed by atoms with Gasteiger partial charge in [0.2, 0.25) is 11.8 Å². The number of thioether (sulfide) groups is 1. The second-order valence-electron chi connectivity index (χ2n) is 16.6. The molecule has 29 heteroatoms. The third-order valence-electron chi connectivity index (χ3n) is 10.1. The number of aliphatic hydroxyl groups is 2. The van der Waals surface area contributed by atoms with Crippen LogP contribution in [0.3, 0.4) is 0 Å². The minimum Gasteiger partial charge on any atom is -0.386 e. The van der Waals surface area contributed by atoms with Gasteiger partial charge in [0.15, 0.2) is 22.8 Å². The lowest BCUT2D eigenvalue weighted by Gasteiger charge is -2.30. The number of ketones is 1. The van der Waals surface area contributed by atoms with Gasteiger partial charge in [-0.1, -0.05) is 93.3 Å². The Hall–Kier alpha value is -4.07. The molecule has 0 bridgehead atoms. The van der Waals surface area contributed by atoms with Crippen LogP contribution in [0.15, 0.2) is 73.4 Å². The summed E-state index contributed by atoms with van der Waals surface area (Å²) in [4.78, 5) is 101. The molecular formula is C43H66N7O18P3S. The van der Waals surface area contributed by atoms with Crippen LogP contribution in [-0.4, -0.2) is 128 Å². The van der Waals surface area contributed by atoms with E-state index < -0.39 is 84.6 Å². The Morgan fingerprint density at radius 1 is 0.875 bits per heavy atom. The maximum absolute atomic E-state index is 12.8. The Bertz CT molecular complexity index is 2390. The Balaban J connectivity index is 1.30. The zero-order valence-electron chi connectivity index (χ0n) is 40.1. The van der Waals surface area contributed by atoms with Crippen LogP contribution < -0.4 is 16.4 Å². The summed E-state index contributed by atoms with van der Waals surface area (Å²) in [6.07, 6.45) is 20.1. The Morgan fingerprint density at radius 2 is 1.49 bits per heavy atom. The van der Waals surface area contributed by atoms with Crippen LogP contribution in [0.4, 0.5) is 5.82 Å². The molecule has 2 amide bonds. The van der Waals surface area contributed by atoms with E-state index in [0.717, 1.165) is 67.5 Å². The fraction of sp³-hybridized carbons (Fsp3) is 0.558. The molecule has 402 valence electrons. The van der Waals surface area contributed by atoms with E-state index in [0.29, 0.717) is 6.42 Å². The summed E-state index contributed by atoms with van der Waals surface area (Å²) in [7, 11) is -16.5. The standard InChI is InChI=1S/C43H66N7O18P3S/c1-4-5-6-7-8-9-10-11-12-13-14-15-16-17-18-19-20-21-31(51)26-34(53)72-25-24-45-33(52)22-23-46-41(56)38(55)43(2,3)28-65-71(62,63)68-70(60,61)64-27-32-37(67-69(57,58)59)36(54)42(66-32)50-30-49-35-39(44)47-29-48-40(35)50/h5-6,8-9,11-12,14-15,17-18,29-30,32,36-38,42,54-55H,4,7,10,13,16,19-28H2,1-3H3,(H,45,52)(H,46,56)(H,60,61)(H,62,63)(H2,44,47,48)(H2,57,58,59)/b6-5+,9-8+,12-11+,15-14+,18-17+. The summed E-state index contributed by atoms with van der Waals surface area (Å²) < 4.78 is 62.4. The van der Waals surface area contributed by atoms with Crippen molar-refractivity contribution in [3.8, 4) is 0 Å². The number of amides is 2. The molecule has 2 aromatic rings. The van der Waals surface area contributed by atoms with Crippen LogP contribution in [0.2, 0.25) is 0 Å². The monoisotopic (exact) mass is 1090 g/mol. The van der Waals surface area contributed by atoms with Gasteiger partial charge in [0.1, 0.15) is 42.0 Å². The third-order valence-corrected chi connectivity index (χ3v) is 14.1. The number of unbranched alkanes of at least 4 members (excludes halogenated alkanes) is 1. The number of carbonyl (C=O) groups is 4. The molecule has 0 spiro atoms. The molecule has 1 saturated heterocycles. The second kappa shape index (κ2) is 31.0. The molecule has 0 aliphatic carbocycles. The molecule has 7 atom stereocenters. The van der Waals surface area contributed by atoms with Crippen molar-refractivity contribution in [1.82, 2.24) is 30.2 Å². The molecular weight excluding hydrogens is 1030 g/mol. The first-order valence-corrected chi connectivity index (χ1v) is 28.3. The molecule has 72 heavy (non-hydrogen) atoms. The number of anilines is 1. The molecule has 0 saturated carbocycles. The summed E-state index contributed by atoms with van der Waals surface area (Å²) >= 11 is 0.911. The highest BCUT2D eigenvalue weighted by atomic mass is 32.2. The summed E-state index contributed by atoms with van der Waals surface area (Å²) in [6.45, 7) is 2.40. The average molecular weight is 1090 g/mol. The fourth-order valence-electron chi connectivity index (χ4n) is 6.38. The number of phosphoric ester groups is 3. The molecule has 0 radical (unpaired) electrons. The zero-order valence-corrected chi connectivity index (χ0v) is 43.6. The molecule has 1 aliphatic heterocycles. The molecule has 2 aromatic heterocycles. The van der Waals surface area contributed by atoms with Crippen molar-refractivity contribution >= 4 is 74.9 Å². The largest absolute Gasteiger partial charge is 0.481 e. The number of nitrogens with two attached hydrogens (primary N) is 1. The van der Waals surface area contributed by atoms with Crippen molar-refractivity contribution in [1.29, 1.82) is 0 Å². The van der Waals surface area contributed by atoms with Gasteiger partial charge in [-0.15, -0.1) is 0 Å². The number of rotatable bonds is 34. The van der Waals surface area contributed by atoms with Crippen molar-refractivity contribution in [3.05, 3.63) is 73.4 Å². The number of nitrogens with one attached hydrogen (secondary N) is 2. The number of nitrogen functional groups attached to an aromatic ring is 1. The molecule has 10 N–H and O–H groups in total. The summed E-state index contributed by atoms with van der Waals surface area (Å²) in [5, 5.41) is 26.2. The van der Waals surface area contributed by atoms with E-state index in [1.807, 2.05) is 12.2 Å². The van der Waals surface area contributed by atoms with E-state index in [1.54, 1.807) is 0 Å². The van der Waals surface area contributed by atoms with Gasteiger partial charge >= 0.3 is 23.5 Å².